The highest BCUT2D eigenvalue weighted by atomic mass is 79.9. The second kappa shape index (κ2) is 7.44. The molecule has 2 aromatic rings. The minimum atomic E-state index is -0.482. The van der Waals surface area contributed by atoms with Gasteiger partial charge >= 0.3 is 0 Å². The van der Waals surface area contributed by atoms with E-state index < -0.39 is 9.85 Å². The van der Waals surface area contributed by atoms with Gasteiger partial charge in [-0.3, -0.25) is 20.2 Å². The molecule has 0 saturated heterocycles. The molecule has 0 spiro atoms. The number of hydrogen-bond acceptors (Lipinski definition) is 6. The molecule has 114 valence electrons. The van der Waals surface area contributed by atoms with Gasteiger partial charge in [0.15, 0.2) is 0 Å². The zero-order valence-corrected chi connectivity index (χ0v) is 15.4. The Balaban J connectivity index is 2.28. The van der Waals surface area contributed by atoms with E-state index in [0.29, 0.717) is 18.7 Å². The van der Waals surface area contributed by atoms with Gasteiger partial charge in [-0.1, -0.05) is 31.9 Å². The molecule has 0 N–H and O–H groups in total. The van der Waals surface area contributed by atoms with E-state index in [2.05, 4.69) is 31.9 Å². The van der Waals surface area contributed by atoms with Gasteiger partial charge in [0.2, 0.25) is 0 Å². The number of nitro groups is 2. The highest BCUT2D eigenvalue weighted by molar-refractivity contribution is 9.10. The third kappa shape index (κ3) is 4.22. The minimum absolute atomic E-state index is 0.0494. The van der Waals surface area contributed by atoms with Crippen LogP contribution < -0.4 is 0 Å². The molecule has 0 aliphatic carbocycles. The van der Waals surface area contributed by atoms with Crippen molar-refractivity contribution >= 4 is 64.8 Å². The Hall–Kier alpha value is -1.10. The van der Waals surface area contributed by atoms with E-state index in [0.717, 1.165) is 21.6 Å². The van der Waals surface area contributed by atoms with Crippen LogP contribution in [0.4, 0.5) is 11.4 Å². The Morgan fingerprint density at radius 3 is 1.45 bits per heavy atom. The zero-order valence-electron chi connectivity index (χ0n) is 10.6. The Morgan fingerprint density at radius 1 is 0.773 bits per heavy atom. The van der Waals surface area contributed by atoms with Crippen LogP contribution >= 0.6 is 53.4 Å². The maximum atomic E-state index is 11.1. The summed E-state index contributed by atoms with van der Waals surface area (Å²) >= 11 is 6.37. The standard InChI is InChI=1S/C12H6Br2N2O4S2/c13-7-1-3-11(9(5-7)15(17)18)21-22-12-4-2-8(14)6-10(12)16(19)20/h1-6H. The van der Waals surface area contributed by atoms with E-state index in [1.165, 1.54) is 12.1 Å². The molecule has 0 fully saturated rings. The molecule has 0 radical (unpaired) electrons. The van der Waals surface area contributed by atoms with E-state index in [1.54, 1.807) is 24.3 Å². The molecule has 2 aromatic carbocycles. The summed E-state index contributed by atoms with van der Waals surface area (Å²) in [4.78, 5) is 22.0. The van der Waals surface area contributed by atoms with Crippen molar-refractivity contribution in [3.8, 4) is 0 Å². The molecule has 0 aliphatic rings. The number of nitrogens with zero attached hydrogens (tertiary/aromatic N) is 2. The van der Waals surface area contributed by atoms with E-state index in [-0.39, 0.29) is 11.4 Å². The molecule has 0 aromatic heterocycles. The van der Waals surface area contributed by atoms with Crippen LogP contribution in [0, 0.1) is 20.2 Å². The van der Waals surface area contributed by atoms with Crippen LogP contribution in [0.3, 0.4) is 0 Å². The number of halogens is 2. The normalized spacial score (nSPS) is 10.5. The van der Waals surface area contributed by atoms with Crippen molar-refractivity contribution in [1.29, 1.82) is 0 Å². The summed E-state index contributed by atoms with van der Waals surface area (Å²) in [6.07, 6.45) is 0. The largest absolute Gasteiger partial charge is 0.284 e. The summed E-state index contributed by atoms with van der Waals surface area (Å²) in [5.74, 6) is 0. The molecule has 2 rings (SSSR count). The fourth-order valence-corrected chi connectivity index (χ4v) is 4.44. The second-order valence-electron chi connectivity index (χ2n) is 3.90. The van der Waals surface area contributed by atoms with E-state index in [9.17, 15) is 20.2 Å². The summed E-state index contributed by atoms with van der Waals surface area (Å²) in [7, 11) is 2.22. The van der Waals surface area contributed by atoms with Crippen LogP contribution in [0.1, 0.15) is 0 Å². The molecule has 10 heteroatoms. The maximum absolute atomic E-state index is 11.1. The quantitative estimate of drug-likeness (QED) is 0.313. The first-order valence-electron chi connectivity index (χ1n) is 5.61. The lowest BCUT2D eigenvalue weighted by Gasteiger charge is -2.04. The van der Waals surface area contributed by atoms with Crippen LogP contribution in [0.15, 0.2) is 55.1 Å². The molecule has 0 unspecified atom stereocenters. The predicted octanol–water partition coefficient (Wildman–Crippen LogP) is 5.83. The summed E-state index contributed by atoms with van der Waals surface area (Å²) < 4.78 is 1.20. The lowest BCUT2D eigenvalue weighted by molar-refractivity contribution is -0.388. The van der Waals surface area contributed by atoms with Gasteiger partial charge in [-0.15, -0.1) is 0 Å². The van der Waals surface area contributed by atoms with Crippen molar-refractivity contribution in [2.45, 2.75) is 9.79 Å². The van der Waals surface area contributed by atoms with Gasteiger partial charge in [0.25, 0.3) is 11.4 Å². The van der Waals surface area contributed by atoms with E-state index in [4.69, 9.17) is 0 Å². The molecule has 0 atom stereocenters. The van der Waals surface area contributed by atoms with Crippen LogP contribution in [-0.4, -0.2) is 9.85 Å². The number of rotatable bonds is 5. The molecule has 6 nitrogen and oxygen atoms in total. The lowest BCUT2D eigenvalue weighted by atomic mass is 10.3. The topological polar surface area (TPSA) is 86.3 Å². The Labute approximate surface area is 149 Å². The van der Waals surface area contributed by atoms with Crippen molar-refractivity contribution in [1.82, 2.24) is 0 Å². The first-order valence-corrected chi connectivity index (χ1v) is 9.34. The van der Waals surface area contributed by atoms with Crippen LogP contribution in [0.25, 0.3) is 0 Å². The molecular weight excluding hydrogens is 460 g/mol. The van der Waals surface area contributed by atoms with Crippen molar-refractivity contribution in [3.63, 3.8) is 0 Å². The Kier molecular flexibility index (Phi) is 5.84. The molecule has 0 bridgehead atoms. The van der Waals surface area contributed by atoms with Crippen molar-refractivity contribution < 1.29 is 9.85 Å². The Morgan fingerprint density at radius 2 is 1.14 bits per heavy atom. The van der Waals surface area contributed by atoms with Crippen LogP contribution in [-0.2, 0) is 0 Å². The summed E-state index contributed by atoms with van der Waals surface area (Å²) in [6.45, 7) is 0. The van der Waals surface area contributed by atoms with E-state index >= 15 is 0 Å². The summed E-state index contributed by atoms with van der Waals surface area (Å²) in [5.41, 5.74) is -0.0988. The maximum Gasteiger partial charge on any atom is 0.284 e. The van der Waals surface area contributed by atoms with Gasteiger partial charge in [-0.05, 0) is 45.9 Å². The summed E-state index contributed by atoms with van der Waals surface area (Å²) in [5, 5.41) is 22.1. The third-order valence-electron chi connectivity index (χ3n) is 2.46. The smallest absolute Gasteiger partial charge is 0.258 e. The molecule has 22 heavy (non-hydrogen) atoms. The van der Waals surface area contributed by atoms with Gasteiger partial charge in [-0.25, -0.2) is 0 Å². The third-order valence-corrected chi connectivity index (χ3v) is 5.90. The first kappa shape index (κ1) is 17.3. The lowest BCUT2D eigenvalue weighted by Crippen LogP contribution is -1.91. The highest BCUT2D eigenvalue weighted by Gasteiger charge is 2.19. The fourth-order valence-electron chi connectivity index (χ4n) is 1.50. The molecule has 0 saturated carbocycles. The van der Waals surface area contributed by atoms with Crippen LogP contribution in [0.5, 0.6) is 0 Å². The van der Waals surface area contributed by atoms with Crippen molar-refractivity contribution in [2.24, 2.45) is 0 Å². The van der Waals surface area contributed by atoms with E-state index in [1.807, 2.05) is 0 Å². The summed E-state index contributed by atoms with van der Waals surface area (Å²) in [6, 6.07) is 9.38. The SMILES string of the molecule is O=[N+]([O-])c1cc(Br)ccc1SSc1ccc(Br)cc1[N+](=O)[O-]. The second-order valence-corrected chi connectivity index (χ2v) is 7.95. The number of hydrogen-bond donors (Lipinski definition) is 0. The van der Waals surface area contributed by atoms with Crippen LogP contribution in [0.2, 0.25) is 0 Å². The molecular formula is C12H6Br2N2O4S2. The van der Waals surface area contributed by atoms with Gasteiger partial charge in [0.1, 0.15) is 0 Å². The Bertz CT molecular complexity index is 694. The molecule has 0 amide bonds. The number of benzene rings is 2. The monoisotopic (exact) mass is 464 g/mol. The number of nitro benzene ring substituents is 2. The average molecular weight is 466 g/mol. The average Bonchev–Trinajstić information content (AvgIpc) is 2.46. The molecule has 0 aliphatic heterocycles. The molecule has 0 heterocycles. The van der Waals surface area contributed by atoms with Gasteiger partial charge in [0.05, 0.1) is 19.6 Å². The highest BCUT2D eigenvalue weighted by Crippen LogP contribution is 2.45. The van der Waals surface area contributed by atoms with Gasteiger partial charge in [-0.2, -0.15) is 0 Å². The zero-order chi connectivity index (χ0) is 16.3. The van der Waals surface area contributed by atoms with Gasteiger partial charge < -0.3 is 0 Å². The van der Waals surface area contributed by atoms with Crippen molar-refractivity contribution in [3.05, 3.63) is 65.6 Å². The minimum Gasteiger partial charge on any atom is -0.258 e. The van der Waals surface area contributed by atoms with Crippen molar-refractivity contribution in [2.75, 3.05) is 0 Å². The predicted molar refractivity (Wildman–Crippen MR) is 93.3 cm³/mol. The fraction of sp³-hybridized carbons (Fsp3) is 0. The first-order chi connectivity index (χ1) is 10.4. The van der Waals surface area contributed by atoms with Gasteiger partial charge in [0, 0.05) is 21.1 Å².